The Kier molecular flexibility index (Phi) is 13.5. The molecule has 0 aliphatic heterocycles. The number of hydrogen-bond donors (Lipinski definition) is 4. The van der Waals surface area contributed by atoms with Crippen LogP contribution in [-0.4, -0.2) is 33.8 Å². The van der Waals surface area contributed by atoms with E-state index in [4.69, 9.17) is 15.9 Å². The molecular formula is C23H36N2O5S. The lowest BCUT2D eigenvalue weighted by atomic mass is 10.1. The molecule has 1 rings (SSSR count). The second-order valence-electron chi connectivity index (χ2n) is 7.82. The second-order valence-corrected chi connectivity index (χ2v) is 8.96. The summed E-state index contributed by atoms with van der Waals surface area (Å²) in [5.41, 5.74) is 8.29. The largest absolute Gasteiger partial charge is 0.481 e. The average Bonchev–Trinajstić information content (AvgIpc) is 2.69. The van der Waals surface area contributed by atoms with Gasteiger partial charge in [0.2, 0.25) is 5.91 Å². The Balaban J connectivity index is 2.30. The Morgan fingerprint density at radius 2 is 1.35 bits per heavy atom. The zero-order chi connectivity index (χ0) is 23.1. The monoisotopic (exact) mass is 452 g/mol. The van der Waals surface area contributed by atoms with Crippen molar-refractivity contribution in [1.29, 1.82) is 0 Å². The normalized spacial score (nSPS) is 10.7. The first-order valence-corrected chi connectivity index (χ1v) is 12.0. The first-order chi connectivity index (χ1) is 14.8. The number of benzene rings is 1. The van der Waals surface area contributed by atoms with E-state index in [1.165, 1.54) is 11.8 Å². The molecule has 8 heteroatoms. The number of nitrogens with one attached hydrogen (secondary N) is 1. The van der Waals surface area contributed by atoms with Gasteiger partial charge in [-0.25, -0.2) is 0 Å². The molecule has 0 aliphatic rings. The van der Waals surface area contributed by atoms with Crippen LogP contribution in [0.4, 0.5) is 11.4 Å². The molecule has 0 spiro atoms. The molecule has 1 amide bonds. The number of carbonyl (C=O) groups excluding carboxylic acids is 1. The van der Waals surface area contributed by atoms with Crippen molar-refractivity contribution in [3.63, 3.8) is 0 Å². The zero-order valence-electron chi connectivity index (χ0n) is 18.5. The number of carboxylic acid groups (broad SMARTS) is 2. The van der Waals surface area contributed by atoms with Gasteiger partial charge in [0.1, 0.15) is 0 Å². The van der Waals surface area contributed by atoms with E-state index in [0.717, 1.165) is 67.5 Å². The van der Waals surface area contributed by atoms with Crippen LogP contribution in [0.5, 0.6) is 0 Å². The third-order valence-electron chi connectivity index (χ3n) is 4.98. The van der Waals surface area contributed by atoms with Gasteiger partial charge in [0.15, 0.2) is 0 Å². The Labute approximate surface area is 189 Å². The van der Waals surface area contributed by atoms with Crippen LogP contribution >= 0.6 is 11.8 Å². The van der Waals surface area contributed by atoms with Gasteiger partial charge in [-0.1, -0.05) is 38.5 Å². The van der Waals surface area contributed by atoms with Gasteiger partial charge in [0.05, 0.1) is 5.69 Å². The van der Waals surface area contributed by atoms with Crippen molar-refractivity contribution in [2.24, 2.45) is 0 Å². The van der Waals surface area contributed by atoms with Gasteiger partial charge in [0.25, 0.3) is 0 Å². The molecule has 0 atom stereocenters. The number of unbranched alkanes of at least 4 members (excludes halogenated alkanes) is 7. The van der Waals surface area contributed by atoms with E-state index < -0.39 is 11.9 Å². The van der Waals surface area contributed by atoms with Gasteiger partial charge < -0.3 is 21.3 Å². The van der Waals surface area contributed by atoms with Gasteiger partial charge in [0, 0.05) is 29.8 Å². The summed E-state index contributed by atoms with van der Waals surface area (Å²) in [5, 5.41) is 20.3. The predicted molar refractivity (Wildman–Crippen MR) is 126 cm³/mol. The molecule has 0 bridgehead atoms. The SMILES string of the molecule is Cc1cc(NC(=O)CCCCCCCCCCC(=O)O)c(SCCCC(=O)O)cc1N. The third-order valence-corrected chi connectivity index (χ3v) is 6.12. The minimum Gasteiger partial charge on any atom is -0.481 e. The summed E-state index contributed by atoms with van der Waals surface area (Å²) < 4.78 is 0. The summed E-state index contributed by atoms with van der Waals surface area (Å²) >= 11 is 1.51. The summed E-state index contributed by atoms with van der Waals surface area (Å²) in [6, 6.07) is 3.71. The van der Waals surface area contributed by atoms with Crippen molar-refractivity contribution >= 4 is 41.0 Å². The van der Waals surface area contributed by atoms with Crippen molar-refractivity contribution in [2.45, 2.75) is 88.9 Å². The first-order valence-electron chi connectivity index (χ1n) is 11.1. The van der Waals surface area contributed by atoms with E-state index in [2.05, 4.69) is 5.32 Å². The van der Waals surface area contributed by atoms with Crippen LogP contribution in [0.1, 0.15) is 82.6 Å². The number of anilines is 2. The van der Waals surface area contributed by atoms with E-state index in [1.54, 1.807) is 0 Å². The van der Waals surface area contributed by atoms with Crippen LogP contribution in [-0.2, 0) is 14.4 Å². The first kappa shape index (κ1) is 26.8. The molecule has 1 aromatic carbocycles. The van der Waals surface area contributed by atoms with Crippen molar-refractivity contribution in [3.8, 4) is 0 Å². The number of nitrogen functional groups attached to an aromatic ring is 1. The Morgan fingerprint density at radius 3 is 1.94 bits per heavy atom. The molecule has 174 valence electrons. The minimum atomic E-state index is -0.810. The standard InChI is InChI=1S/C23H36N2O5S/c1-17-15-19(20(16-18(17)24)31-14-10-13-23(29)30)25-21(26)11-8-6-4-2-3-5-7-9-12-22(27)28/h15-16H,2-14,24H2,1H3,(H,25,26)(H,27,28)(H,29,30). The molecule has 0 fully saturated rings. The van der Waals surface area contributed by atoms with Crippen molar-refractivity contribution in [2.75, 3.05) is 16.8 Å². The molecule has 0 saturated heterocycles. The van der Waals surface area contributed by atoms with Gasteiger partial charge >= 0.3 is 11.9 Å². The highest BCUT2D eigenvalue weighted by atomic mass is 32.2. The van der Waals surface area contributed by atoms with Crippen LogP contribution < -0.4 is 11.1 Å². The maximum Gasteiger partial charge on any atom is 0.303 e. The molecule has 31 heavy (non-hydrogen) atoms. The Hall–Kier alpha value is -2.22. The lowest BCUT2D eigenvalue weighted by Crippen LogP contribution is -2.12. The summed E-state index contributed by atoms with van der Waals surface area (Å²) in [6.45, 7) is 1.89. The van der Waals surface area contributed by atoms with Crippen molar-refractivity contribution in [3.05, 3.63) is 17.7 Å². The molecule has 0 aliphatic carbocycles. The molecule has 5 N–H and O–H groups in total. The highest BCUT2D eigenvalue weighted by Crippen LogP contribution is 2.32. The fourth-order valence-electron chi connectivity index (χ4n) is 3.16. The van der Waals surface area contributed by atoms with Crippen LogP contribution in [0, 0.1) is 6.92 Å². The zero-order valence-corrected chi connectivity index (χ0v) is 19.3. The summed E-state index contributed by atoms with van der Waals surface area (Å²) in [7, 11) is 0. The van der Waals surface area contributed by atoms with Crippen LogP contribution in [0.3, 0.4) is 0 Å². The van der Waals surface area contributed by atoms with Gasteiger partial charge in [-0.05, 0) is 49.6 Å². The Morgan fingerprint density at radius 1 is 0.839 bits per heavy atom. The van der Waals surface area contributed by atoms with Crippen molar-refractivity contribution in [1.82, 2.24) is 0 Å². The minimum absolute atomic E-state index is 0.0229. The number of carboxylic acids is 2. The summed E-state index contributed by atoms with van der Waals surface area (Å²) in [4.78, 5) is 34.3. The highest BCUT2D eigenvalue weighted by molar-refractivity contribution is 7.99. The number of thioether (sulfide) groups is 1. The second kappa shape index (κ2) is 15.6. The number of carbonyl (C=O) groups is 3. The van der Waals surface area contributed by atoms with E-state index in [-0.39, 0.29) is 18.7 Å². The quantitative estimate of drug-likeness (QED) is 0.140. The Bertz CT molecular complexity index is 724. The number of rotatable bonds is 17. The number of nitrogens with two attached hydrogens (primary N) is 1. The molecule has 0 unspecified atom stereocenters. The lowest BCUT2D eigenvalue weighted by molar-refractivity contribution is -0.138. The van der Waals surface area contributed by atoms with Crippen LogP contribution in [0.2, 0.25) is 0 Å². The molecule has 1 aromatic rings. The van der Waals surface area contributed by atoms with Crippen LogP contribution in [0.25, 0.3) is 0 Å². The van der Waals surface area contributed by atoms with Gasteiger partial charge in [-0.2, -0.15) is 0 Å². The summed E-state index contributed by atoms with van der Waals surface area (Å²) in [6.07, 6.45) is 9.32. The maximum absolute atomic E-state index is 12.4. The predicted octanol–water partition coefficient (Wildman–Crippen LogP) is 5.46. The number of aliphatic carboxylic acids is 2. The number of amides is 1. The molecule has 0 aromatic heterocycles. The lowest BCUT2D eigenvalue weighted by Gasteiger charge is -2.13. The van der Waals surface area contributed by atoms with Gasteiger partial charge in [-0.3, -0.25) is 14.4 Å². The topological polar surface area (TPSA) is 130 Å². The fraction of sp³-hybridized carbons (Fsp3) is 0.609. The van der Waals surface area contributed by atoms with E-state index in [1.807, 2.05) is 19.1 Å². The van der Waals surface area contributed by atoms with E-state index in [9.17, 15) is 14.4 Å². The van der Waals surface area contributed by atoms with E-state index >= 15 is 0 Å². The molecule has 0 saturated carbocycles. The number of aryl methyl sites for hydroxylation is 1. The molecule has 0 radical (unpaired) electrons. The smallest absolute Gasteiger partial charge is 0.303 e. The van der Waals surface area contributed by atoms with Crippen LogP contribution in [0.15, 0.2) is 17.0 Å². The van der Waals surface area contributed by atoms with Crippen molar-refractivity contribution < 1.29 is 24.6 Å². The maximum atomic E-state index is 12.4. The number of hydrogen-bond acceptors (Lipinski definition) is 5. The highest BCUT2D eigenvalue weighted by Gasteiger charge is 2.11. The summed E-state index contributed by atoms with van der Waals surface area (Å²) in [5.74, 6) is -0.911. The van der Waals surface area contributed by atoms with Gasteiger partial charge in [-0.15, -0.1) is 11.8 Å². The molecule has 0 heterocycles. The fourth-order valence-corrected chi connectivity index (χ4v) is 4.15. The molecular weight excluding hydrogens is 416 g/mol. The average molecular weight is 453 g/mol. The third kappa shape index (κ3) is 12.9. The van der Waals surface area contributed by atoms with E-state index in [0.29, 0.717) is 24.3 Å². The molecule has 7 nitrogen and oxygen atoms in total.